The van der Waals surface area contributed by atoms with Crippen LogP contribution < -0.4 is 10.1 Å². The van der Waals surface area contributed by atoms with E-state index in [1.165, 1.54) is 0 Å². The van der Waals surface area contributed by atoms with Crippen molar-refractivity contribution in [3.63, 3.8) is 0 Å². The first-order chi connectivity index (χ1) is 13.6. The molecule has 8 nitrogen and oxygen atoms in total. The highest BCUT2D eigenvalue weighted by atomic mass is 16.5. The minimum absolute atomic E-state index is 0.0229. The van der Waals surface area contributed by atoms with Crippen LogP contribution in [0.1, 0.15) is 19.8 Å². The molecular formula is C20H20N4O4. The molecule has 0 aliphatic rings. The van der Waals surface area contributed by atoms with Gasteiger partial charge in [0.25, 0.3) is 5.91 Å². The summed E-state index contributed by atoms with van der Waals surface area (Å²) in [7, 11) is 0. The molecule has 1 aromatic heterocycles. The average molecular weight is 380 g/mol. The zero-order valence-corrected chi connectivity index (χ0v) is 15.3. The van der Waals surface area contributed by atoms with Gasteiger partial charge in [-0.2, -0.15) is 0 Å². The molecule has 144 valence electrons. The van der Waals surface area contributed by atoms with Gasteiger partial charge < -0.3 is 20.1 Å². The summed E-state index contributed by atoms with van der Waals surface area (Å²) >= 11 is 0. The molecular weight excluding hydrogens is 360 g/mol. The molecule has 2 amide bonds. The second-order valence-corrected chi connectivity index (χ2v) is 5.97. The fourth-order valence-electron chi connectivity index (χ4n) is 2.62. The van der Waals surface area contributed by atoms with Crippen molar-refractivity contribution in [1.29, 1.82) is 0 Å². The number of benzene rings is 2. The number of ether oxygens (including phenoxy) is 1. The molecule has 0 unspecified atom stereocenters. The lowest BCUT2D eigenvalue weighted by Gasteiger charge is -2.06. The molecule has 1 heterocycles. The molecule has 0 bridgehead atoms. The van der Waals surface area contributed by atoms with Crippen LogP contribution in [-0.2, 0) is 9.59 Å². The number of H-pyrrole nitrogens is 1. The monoisotopic (exact) mass is 380 g/mol. The van der Waals surface area contributed by atoms with Gasteiger partial charge in [0.05, 0.1) is 12.1 Å². The normalized spacial score (nSPS) is 11.0. The SMILES string of the molecule is CCOc1ccc(NC(=O)CCC(=O)N=Nc2c(O)[nH]c3ccccc23)cc1. The van der Waals surface area contributed by atoms with Crippen LogP contribution >= 0.6 is 0 Å². The largest absolute Gasteiger partial charge is 0.494 e. The first-order valence-electron chi connectivity index (χ1n) is 8.83. The van der Waals surface area contributed by atoms with Gasteiger partial charge in [0.2, 0.25) is 11.8 Å². The number of amides is 2. The lowest BCUT2D eigenvalue weighted by atomic mass is 10.2. The number of carbonyl (C=O) groups excluding carboxylic acids is 2. The zero-order valence-electron chi connectivity index (χ0n) is 15.3. The van der Waals surface area contributed by atoms with Crippen molar-refractivity contribution in [3.8, 4) is 11.6 Å². The van der Waals surface area contributed by atoms with Gasteiger partial charge >= 0.3 is 0 Å². The van der Waals surface area contributed by atoms with Crippen LogP contribution in [0.25, 0.3) is 10.9 Å². The molecule has 0 saturated carbocycles. The lowest BCUT2D eigenvalue weighted by Crippen LogP contribution is -2.12. The van der Waals surface area contributed by atoms with Crippen molar-refractivity contribution in [2.75, 3.05) is 11.9 Å². The Labute approximate surface area is 161 Å². The number of hydrogen-bond acceptors (Lipinski definition) is 5. The molecule has 0 atom stereocenters. The molecule has 3 N–H and O–H groups in total. The third kappa shape index (κ3) is 4.73. The van der Waals surface area contributed by atoms with Crippen LogP contribution in [0.3, 0.4) is 0 Å². The van der Waals surface area contributed by atoms with Crippen LogP contribution in [0.5, 0.6) is 11.6 Å². The maximum absolute atomic E-state index is 12.0. The second-order valence-electron chi connectivity index (χ2n) is 5.97. The molecule has 0 aliphatic carbocycles. The fourth-order valence-corrected chi connectivity index (χ4v) is 2.62. The Bertz CT molecular complexity index is 1010. The number of nitrogens with zero attached hydrogens (tertiary/aromatic N) is 2. The van der Waals surface area contributed by atoms with E-state index in [-0.39, 0.29) is 30.3 Å². The highest BCUT2D eigenvalue weighted by molar-refractivity contribution is 5.95. The maximum Gasteiger partial charge on any atom is 0.265 e. The molecule has 0 saturated heterocycles. The molecule has 28 heavy (non-hydrogen) atoms. The van der Waals surface area contributed by atoms with Gasteiger partial charge in [0.1, 0.15) is 5.75 Å². The predicted octanol–water partition coefficient (Wildman–Crippen LogP) is 4.30. The molecule has 2 aromatic carbocycles. The Morgan fingerprint density at radius 3 is 2.61 bits per heavy atom. The number of carbonyl (C=O) groups is 2. The predicted molar refractivity (Wildman–Crippen MR) is 105 cm³/mol. The van der Waals surface area contributed by atoms with Crippen LogP contribution in [0, 0.1) is 0 Å². The highest BCUT2D eigenvalue weighted by Crippen LogP contribution is 2.35. The van der Waals surface area contributed by atoms with E-state index in [9.17, 15) is 14.7 Å². The number of anilines is 1. The summed E-state index contributed by atoms with van der Waals surface area (Å²) in [4.78, 5) is 26.6. The Balaban J connectivity index is 1.52. The molecule has 0 spiro atoms. The summed E-state index contributed by atoms with van der Waals surface area (Å²) in [5, 5.41) is 20.7. The summed E-state index contributed by atoms with van der Waals surface area (Å²) in [5.74, 6) is -0.295. The van der Waals surface area contributed by atoms with E-state index in [1.807, 2.05) is 13.0 Å². The number of nitrogens with one attached hydrogen (secondary N) is 2. The zero-order chi connectivity index (χ0) is 19.9. The summed E-state index contributed by atoms with van der Waals surface area (Å²) in [6.07, 6.45) is -0.111. The van der Waals surface area contributed by atoms with Crippen LogP contribution in [0.15, 0.2) is 58.8 Å². The minimum atomic E-state index is -0.550. The number of azo groups is 1. The number of para-hydroxylation sites is 1. The average Bonchev–Trinajstić information content (AvgIpc) is 3.01. The number of aromatic nitrogens is 1. The number of aromatic hydroxyl groups is 1. The van der Waals surface area contributed by atoms with Crippen molar-refractivity contribution in [2.24, 2.45) is 10.2 Å². The van der Waals surface area contributed by atoms with Gasteiger partial charge in [-0.05, 0) is 37.3 Å². The highest BCUT2D eigenvalue weighted by Gasteiger charge is 2.11. The minimum Gasteiger partial charge on any atom is -0.494 e. The Morgan fingerprint density at radius 1 is 1.11 bits per heavy atom. The Hall–Kier alpha value is -3.68. The van der Waals surface area contributed by atoms with Gasteiger partial charge in [-0.3, -0.25) is 9.59 Å². The van der Waals surface area contributed by atoms with Crippen molar-refractivity contribution in [3.05, 3.63) is 48.5 Å². The molecule has 3 rings (SSSR count). The summed E-state index contributed by atoms with van der Waals surface area (Å²) in [5.41, 5.74) is 1.50. The van der Waals surface area contributed by atoms with Gasteiger partial charge in [0.15, 0.2) is 5.69 Å². The van der Waals surface area contributed by atoms with E-state index in [4.69, 9.17) is 4.74 Å². The van der Waals surface area contributed by atoms with Crippen LogP contribution in [-0.4, -0.2) is 28.5 Å². The van der Waals surface area contributed by atoms with Crippen LogP contribution in [0.4, 0.5) is 11.4 Å². The van der Waals surface area contributed by atoms with Gasteiger partial charge in [-0.25, -0.2) is 0 Å². The van der Waals surface area contributed by atoms with Gasteiger partial charge in [-0.1, -0.05) is 18.2 Å². The maximum atomic E-state index is 12.0. The van der Waals surface area contributed by atoms with E-state index >= 15 is 0 Å². The van der Waals surface area contributed by atoms with Crippen molar-refractivity contribution in [1.82, 2.24) is 4.98 Å². The Morgan fingerprint density at radius 2 is 1.86 bits per heavy atom. The first-order valence-corrected chi connectivity index (χ1v) is 8.83. The number of rotatable bonds is 7. The number of fused-ring (bicyclic) bond motifs is 1. The second kappa shape index (κ2) is 8.81. The van der Waals surface area contributed by atoms with Crippen molar-refractivity contribution in [2.45, 2.75) is 19.8 Å². The number of hydrogen-bond donors (Lipinski definition) is 3. The van der Waals surface area contributed by atoms with Crippen molar-refractivity contribution >= 4 is 34.1 Å². The molecule has 0 aliphatic heterocycles. The van der Waals surface area contributed by atoms with E-state index in [2.05, 4.69) is 20.5 Å². The smallest absolute Gasteiger partial charge is 0.265 e. The third-order valence-corrected chi connectivity index (χ3v) is 3.94. The van der Waals surface area contributed by atoms with E-state index < -0.39 is 5.91 Å². The lowest BCUT2D eigenvalue weighted by molar-refractivity contribution is -0.122. The van der Waals surface area contributed by atoms with E-state index in [0.29, 0.717) is 23.2 Å². The molecule has 3 aromatic rings. The quantitative estimate of drug-likeness (QED) is 0.530. The van der Waals surface area contributed by atoms with Crippen LogP contribution in [0.2, 0.25) is 0 Å². The fraction of sp³-hybridized carbons (Fsp3) is 0.200. The number of aromatic amines is 1. The Kier molecular flexibility index (Phi) is 6.01. The summed E-state index contributed by atoms with van der Waals surface area (Å²) in [6, 6.07) is 14.1. The summed E-state index contributed by atoms with van der Waals surface area (Å²) in [6.45, 7) is 2.46. The summed E-state index contributed by atoms with van der Waals surface area (Å²) < 4.78 is 5.34. The third-order valence-electron chi connectivity index (χ3n) is 3.94. The molecule has 0 radical (unpaired) electrons. The molecule has 0 fully saturated rings. The van der Waals surface area contributed by atoms with E-state index in [1.54, 1.807) is 42.5 Å². The van der Waals surface area contributed by atoms with Gasteiger partial charge in [-0.15, -0.1) is 10.2 Å². The van der Waals surface area contributed by atoms with Gasteiger partial charge in [0, 0.05) is 23.9 Å². The van der Waals surface area contributed by atoms with E-state index in [0.717, 1.165) is 5.75 Å². The standard InChI is InChI=1S/C20H20N4O4/c1-2-28-14-9-7-13(8-10-14)21-17(25)11-12-18(26)23-24-19-15-5-3-4-6-16(15)22-20(19)27/h3-10,22,27H,2,11-12H2,1H3,(H,21,25). The molecule has 8 heteroatoms. The first kappa shape index (κ1) is 19.1. The topological polar surface area (TPSA) is 116 Å². The van der Waals surface area contributed by atoms with Crippen molar-refractivity contribution < 1.29 is 19.4 Å².